The number of carbonyl (C=O) groups is 1. The Hall–Kier alpha value is -3.64. The summed E-state index contributed by atoms with van der Waals surface area (Å²) in [5.41, 5.74) is -1.34. The number of rotatable bonds is 6. The van der Waals surface area contributed by atoms with Crippen LogP contribution in [0, 0.1) is 10.1 Å². The Morgan fingerprint density at radius 3 is 2.06 bits per heavy atom. The van der Waals surface area contributed by atoms with Crippen molar-refractivity contribution in [2.75, 3.05) is 10.0 Å². The molecule has 0 spiro atoms. The van der Waals surface area contributed by atoms with Gasteiger partial charge in [-0.3, -0.25) is 19.6 Å². The molecule has 0 aromatic heterocycles. The topological polar surface area (TPSA) is 118 Å². The average molecular weight is 500 g/mol. The molecular weight excluding hydrogens is 487 g/mol. The normalized spacial score (nSPS) is 11.6. The van der Waals surface area contributed by atoms with E-state index in [0.717, 1.165) is 36.4 Å². The number of nitro benzene ring substituents is 1. The van der Waals surface area contributed by atoms with Crippen molar-refractivity contribution in [2.45, 2.75) is 11.1 Å². The molecule has 1 amide bonds. The molecule has 0 bridgehead atoms. The number of benzene rings is 3. The van der Waals surface area contributed by atoms with Gasteiger partial charge in [0.05, 0.1) is 20.4 Å². The van der Waals surface area contributed by atoms with Gasteiger partial charge in [-0.25, -0.2) is 8.42 Å². The highest BCUT2D eigenvalue weighted by molar-refractivity contribution is 7.92. The van der Waals surface area contributed by atoms with Gasteiger partial charge in [-0.1, -0.05) is 11.6 Å². The molecule has 3 aromatic rings. The highest BCUT2D eigenvalue weighted by Crippen LogP contribution is 2.36. The molecule has 0 aliphatic rings. The third-order valence-corrected chi connectivity index (χ3v) is 6.01. The van der Waals surface area contributed by atoms with Gasteiger partial charge in [0.25, 0.3) is 21.6 Å². The van der Waals surface area contributed by atoms with Gasteiger partial charge in [-0.15, -0.1) is 0 Å². The lowest BCUT2D eigenvalue weighted by molar-refractivity contribution is -0.384. The van der Waals surface area contributed by atoms with E-state index < -0.39 is 37.6 Å². The van der Waals surface area contributed by atoms with E-state index in [1.54, 1.807) is 0 Å². The molecule has 13 heteroatoms. The van der Waals surface area contributed by atoms with Crippen LogP contribution in [0.15, 0.2) is 71.6 Å². The second-order valence-electron chi connectivity index (χ2n) is 6.58. The summed E-state index contributed by atoms with van der Waals surface area (Å²) in [6.45, 7) is 0. The number of hydrogen-bond donors (Lipinski definition) is 2. The summed E-state index contributed by atoms with van der Waals surface area (Å²) in [6.07, 6.45) is -4.76. The molecule has 0 radical (unpaired) electrons. The van der Waals surface area contributed by atoms with E-state index >= 15 is 0 Å². The maximum atomic E-state index is 13.0. The molecule has 0 aliphatic heterocycles. The van der Waals surface area contributed by atoms with E-state index in [0.29, 0.717) is 6.07 Å². The minimum absolute atomic E-state index is 0.141. The van der Waals surface area contributed by atoms with Crippen molar-refractivity contribution in [3.63, 3.8) is 0 Å². The molecule has 0 aliphatic carbocycles. The average Bonchev–Trinajstić information content (AvgIpc) is 2.74. The summed E-state index contributed by atoms with van der Waals surface area (Å²) < 4.78 is 66.0. The highest BCUT2D eigenvalue weighted by atomic mass is 35.5. The standard InChI is InChI=1S/C20H13ClF3N3O5S/c21-18-10-5-14(11-17(18)20(22,23)24)26-33(31,32)16-8-3-13(4-9-16)25-19(28)12-1-6-15(7-2-12)27(29)30/h1-11,26H,(H,25,28). The van der Waals surface area contributed by atoms with Crippen molar-refractivity contribution < 1.29 is 31.3 Å². The van der Waals surface area contributed by atoms with Crippen LogP contribution >= 0.6 is 11.6 Å². The number of anilines is 2. The van der Waals surface area contributed by atoms with Crippen molar-refractivity contribution in [1.29, 1.82) is 0 Å². The molecule has 0 saturated heterocycles. The summed E-state index contributed by atoms with van der Waals surface area (Å²) in [5, 5.41) is 12.6. The van der Waals surface area contributed by atoms with Crippen LogP contribution in [0.4, 0.5) is 30.2 Å². The molecule has 8 nitrogen and oxygen atoms in total. The number of nitro groups is 1. The zero-order valence-corrected chi connectivity index (χ0v) is 17.8. The monoisotopic (exact) mass is 499 g/mol. The van der Waals surface area contributed by atoms with E-state index in [9.17, 15) is 36.5 Å². The first-order valence-corrected chi connectivity index (χ1v) is 10.8. The van der Waals surface area contributed by atoms with Crippen LogP contribution in [0.25, 0.3) is 0 Å². The summed E-state index contributed by atoms with van der Waals surface area (Å²) in [7, 11) is -4.24. The number of alkyl halides is 3. The van der Waals surface area contributed by atoms with Gasteiger partial charge in [-0.05, 0) is 54.6 Å². The van der Waals surface area contributed by atoms with Crippen molar-refractivity contribution in [3.05, 3.63) is 93.0 Å². The molecule has 0 saturated carbocycles. The fourth-order valence-electron chi connectivity index (χ4n) is 2.68. The number of amides is 1. The lowest BCUT2D eigenvalue weighted by Crippen LogP contribution is -2.15. The summed E-state index contributed by atoms with van der Waals surface area (Å²) in [4.78, 5) is 22.0. The van der Waals surface area contributed by atoms with Crippen LogP contribution in [0.5, 0.6) is 0 Å². The summed E-state index contributed by atoms with van der Waals surface area (Å²) in [5.74, 6) is -0.584. The van der Waals surface area contributed by atoms with Crippen molar-refractivity contribution in [3.8, 4) is 0 Å². The fourth-order valence-corrected chi connectivity index (χ4v) is 3.95. The van der Waals surface area contributed by atoms with Gasteiger partial charge in [0.1, 0.15) is 0 Å². The molecule has 2 N–H and O–H groups in total. The van der Waals surface area contributed by atoms with E-state index in [1.807, 2.05) is 4.72 Å². The molecule has 33 heavy (non-hydrogen) atoms. The number of non-ortho nitro benzene ring substituents is 1. The number of carbonyl (C=O) groups excluding carboxylic acids is 1. The van der Waals surface area contributed by atoms with Crippen LogP contribution in [0.3, 0.4) is 0 Å². The molecule has 0 heterocycles. The van der Waals surface area contributed by atoms with Crippen LogP contribution in [0.1, 0.15) is 15.9 Å². The molecule has 3 aromatic carbocycles. The first-order chi connectivity index (χ1) is 15.4. The van der Waals surface area contributed by atoms with Gasteiger partial charge >= 0.3 is 6.18 Å². The maximum absolute atomic E-state index is 13.0. The quantitative estimate of drug-likeness (QED) is 0.351. The second-order valence-corrected chi connectivity index (χ2v) is 8.67. The molecular formula is C20H13ClF3N3O5S. The predicted octanol–water partition coefficient (Wildman–Crippen LogP) is 5.32. The number of halogens is 4. The van der Waals surface area contributed by atoms with Gasteiger partial charge in [0.2, 0.25) is 0 Å². The third kappa shape index (κ3) is 5.79. The lowest BCUT2D eigenvalue weighted by atomic mass is 10.2. The van der Waals surface area contributed by atoms with Gasteiger partial charge in [-0.2, -0.15) is 13.2 Å². The zero-order valence-electron chi connectivity index (χ0n) is 16.3. The first kappa shape index (κ1) is 24.0. The third-order valence-electron chi connectivity index (χ3n) is 4.29. The number of nitrogens with one attached hydrogen (secondary N) is 2. The maximum Gasteiger partial charge on any atom is 0.417 e. The minimum atomic E-state index is -4.76. The van der Waals surface area contributed by atoms with E-state index in [2.05, 4.69) is 5.32 Å². The molecule has 0 fully saturated rings. The van der Waals surface area contributed by atoms with E-state index in [-0.39, 0.29) is 27.5 Å². The molecule has 172 valence electrons. The van der Waals surface area contributed by atoms with Crippen molar-refractivity contribution in [1.82, 2.24) is 0 Å². The summed E-state index contributed by atoms with van der Waals surface area (Å²) in [6, 6.07) is 12.3. The predicted molar refractivity (Wildman–Crippen MR) is 115 cm³/mol. The van der Waals surface area contributed by atoms with Crippen LogP contribution in [-0.2, 0) is 16.2 Å². The SMILES string of the molecule is O=C(Nc1ccc(S(=O)(=O)Nc2ccc(Cl)c(C(F)(F)F)c2)cc1)c1ccc([N+](=O)[O-])cc1. The van der Waals surface area contributed by atoms with Crippen LogP contribution in [0.2, 0.25) is 5.02 Å². The smallest absolute Gasteiger partial charge is 0.322 e. The van der Waals surface area contributed by atoms with Gasteiger partial charge < -0.3 is 5.32 Å². The Balaban J connectivity index is 1.73. The first-order valence-electron chi connectivity index (χ1n) is 8.92. The second kappa shape index (κ2) is 9.08. The summed E-state index contributed by atoms with van der Waals surface area (Å²) >= 11 is 5.53. The molecule has 0 atom stereocenters. The minimum Gasteiger partial charge on any atom is -0.322 e. The Morgan fingerprint density at radius 2 is 1.52 bits per heavy atom. The Labute approximate surface area is 190 Å². The highest BCUT2D eigenvalue weighted by Gasteiger charge is 2.33. The Kier molecular flexibility index (Phi) is 6.60. The molecule has 0 unspecified atom stereocenters. The zero-order chi connectivity index (χ0) is 24.4. The largest absolute Gasteiger partial charge is 0.417 e. The van der Waals surface area contributed by atoms with E-state index in [1.165, 1.54) is 24.3 Å². The van der Waals surface area contributed by atoms with Crippen LogP contribution < -0.4 is 10.0 Å². The number of nitrogens with zero attached hydrogens (tertiary/aromatic N) is 1. The Bertz CT molecular complexity index is 1310. The molecule has 3 rings (SSSR count). The fraction of sp³-hybridized carbons (Fsp3) is 0.0500. The van der Waals surface area contributed by atoms with Gasteiger partial charge in [0.15, 0.2) is 0 Å². The number of hydrogen-bond acceptors (Lipinski definition) is 5. The van der Waals surface area contributed by atoms with E-state index in [4.69, 9.17) is 11.6 Å². The van der Waals surface area contributed by atoms with Crippen LogP contribution in [-0.4, -0.2) is 19.2 Å². The van der Waals surface area contributed by atoms with Crippen molar-refractivity contribution >= 4 is 44.6 Å². The van der Waals surface area contributed by atoms with Gasteiger partial charge in [0, 0.05) is 29.1 Å². The lowest BCUT2D eigenvalue weighted by Gasteiger charge is -2.13. The van der Waals surface area contributed by atoms with Crippen molar-refractivity contribution in [2.24, 2.45) is 0 Å². The number of sulfonamides is 1. The Morgan fingerprint density at radius 1 is 0.939 bits per heavy atom.